The molecule has 0 atom stereocenters. The lowest BCUT2D eigenvalue weighted by Crippen LogP contribution is -2.19. The standard InChI is InChI=1S/C18H15N7O4S/c26-15(22-19-11-12-5-4-8-14(9-12)25(28)29)10-16-23-24-18(30-16)21-17(27)20-13-6-2-1-3-7-13/h1-9,11H,10H2,(H,22,26)(H2,20,21,24,27)/b19-11-. The van der Waals surface area contributed by atoms with Gasteiger partial charge in [0.15, 0.2) is 0 Å². The highest BCUT2D eigenvalue weighted by molar-refractivity contribution is 7.15. The molecule has 2 aromatic carbocycles. The normalized spacial score (nSPS) is 10.5. The van der Waals surface area contributed by atoms with E-state index in [9.17, 15) is 19.7 Å². The molecule has 0 spiro atoms. The monoisotopic (exact) mass is 425 g/mol. The van der Waals surface area contributed by atoms with E-state index in [-0.39, 0.29) is 17.2 Å². The number of nitrogens with zero attached hydrogens (tertiary/aromatic N) is 4. The molecule has 0 aliphatic heterocycles. The van der Waals surface area contributed by atoms with E-state index in [2.05, 4.69) is 31.4 Å². The zero-order chi connectivity index (χ0) is 21.3. The maximum absolute atomic E-state index is 12.0. The van der Waals surface area contributed by atoms with Crippen molar-refractivity contribution in [1.82, 2.24) is 15.6 Å². The molecule has 3 amide bonds. The Labute approximate surface area is 174 Å². The molecule has 0 radical (unpaired) electrons. The number of urea groups is 1. The molecule has 3 aromatic rings. The van der Waals surface area contributed by atoms with Gasteiger partial charge in [-0.05, 0) is 12.1 Å². The van der Waals surface area contributed by atoms with Gasteiger partial charge in [-0.1, -0.05) is 41.7 Å². The zero-order valence-electron chi connectivity index (χ0n) is 15.3. The van der Waals surface area contributed by atoms with Gasteiger partial charge < -0.3 is 5.32 Å². The van der Waals surface area contributed by atoms with Gasteiger partial charge >= 0.3 is 6.03 Å². The molecule has 0 aliphatic rings. The number of benzene rings is 2. The van der Waals surface area contributed by atoms with Gasteiger partial charge in [-0.25, -0.2) is 10.2 Å². The minimum absolute atomic E-state index is 0.0736. The van der Waals surface area contributed by atoms with Crippen molar-refractivity contribution in [3.63, 3.8) is 0 Å². The third-order valence-corrected chi connectivity index (χ3v) is 4.35. The van der Waals surface area contributed by atoms with Gasteiger partial charge in [0.1, 0.15) is 5.01 Å². The van der Waals surface area contributed by atoms with E-state index in [1.165, 1.54) is 24.4 Å². The summed E-state index contributed by atoms with van der Waals surface area (Å²) >= 11 is 1.05. The van der Waals surface area contributed by atoms with Crippen LogP contribution in [0.25, 0.3) is 0 Å². The smallest absolute Gasteiger partial charge is 0.308 e. The fraction of sp³-hybridized carbons (Fsp3) is 0.0556. The highest BCUT2D eigenvalue weighted by Crippen LogP contribution is 2.16. The molecule has 3 rings (SSSR count). The van der Waals surface area contributed by atoms with Crippen molar-refractivity contribution in [3.05, 3.63) is 75.3 Å². The largest absolute Gasteiger partial charge is 0.325 e. The van der Waals surface area contributed by atoms with Gasteiger partial charge in [-0.3, -0.25) is 20.2 Å². The van der Waals surface area contributed by atoms with Crippen LogP contribution in [-0.2, 0) is 11.2 Å². The fourth-order valence-electron chi connectivity index (χ4n) is 2.23. The maximum Gasteiger partial charge on any atom is 0.325 e. The first-order chi connectivity index (χ1) is 14.5. The number of carbonyl (C=O) groups is 2. The van der Waals surface area contributed by atoms with E-state index < -0.39 is 16.9 Å². The van der Waals surface area contributed by atoms with Gasteiger partial charge in [0.05, 0.1) is 17.6 Å². The molecule has 11 nitrogen and oxygen atoms in total. The lowest BCUT2D eigenvalue weighted by molar-refractivity contribution is -0.384. The highest BCUT2D eigenvalue weighted by Gasteiger charge is 2.11. The van der Waals surface area contributed by atoms with Crippen molar-refractivity contribution in [1.29, 1.82) is 0 Å². The topological polar surface area (TPSA) is 152 Å². The summed E-state index contributed by atoms with van der Waals surface area (Å²) in [5.74, 6) is -0.451. The quantitative estimate of drug-likeness (QED) is 0.301. The Balaban J connectivity index is 1.48. The molecule has 3 N–H and O–H groups in total. The number of nitrogens with one attached hydrogen (secondary N) is 3. The lowest BCUT2D eigenvalue weighted by Gasteiger charge is -2.03. The Morgan fingerprint density at radius 2 is 1.90 bits per heavy atom. The number of rotatable bonds is 7. The number of amides is 3. The second kappa shape index (κ2) is 9.84. The van der Waals surface area contributed by atoms with Crippen LogP contribution in [0.5, 0.6) is 0 Å². The van der Waals surface area contributed by atoms with Crippen molar-refractivity contribution in [3.8, 4) is 0 Å². The zero-order valence-corrected chi connectivity index (χ0v) is 16.1. The number of nitro benzene ring substituents is 1. The lowest BCUT2D eigenvalue weighted by atomic mass is 10.2. The van der Waals surface area contributed by atoms with E-state index in [0.717, 1.165) is 11.3 Å². The molecule has 0 fully saturated rings. The Morgan fingerprint density at radius 1 is 1.10 bits per heavy atom. The summed E-state index contributed by atoms with van der Waals surface area (Å²) in [5.41, 5.74) is 3.33. The summed E-state index contributed by atoms with van der Waals surface area (Å²) in [7, 11) is 0. The number of hydrogen-bond acceptors (Lipinski definition) is 8. The third kappa shape index (κ3) is 6.17. The molecular formula is C18H15N7O4S. The summed E-state index contributed by atoms with van der Waals surface area (Å²) in [5, 5.41) is 28.0. The van der Waals surface area contributed by atoms with Crippen LogP contribution >= 0.6 is 11.3 Å². The highest BCUT2D eigenvalue weighted by atomic mass is 32.1. The second-order valence-corrected chi connectivity index (χ2v) is 6.83. The molecule has 152 valence electrons. The van der Waals surface area contributed by atoms with Crippen LogP contribution in [-0.4, -0.2) is 33.3 Å². The predicted molar refractivity (Wildman–Crippen MR) is 112 cm³/mol. The molecule has 0 bridgehead atoms. The summed E-state index contributed by atoms with van der Waals surface area (Å²) in [6, 6.07) is 14.2. The number of aromatic nitrogens is 2. The first-order valence-corrected chi connectivity index (χ1v) is 9.33. The molecule has 1 aromatic heterocycles. The number of anilines is 2. The van der Waals surface area contributed by atoms with Gasteiger partial charge in [-0.15, -0.1) is 10.2 Å². The van der Waals surface area contributed by atoms with Crippen LogP contribution < -0.4 is 16.1 Å². The van der Waals surface area contributed by atoms with E-state index in [0.29, 0.717) is 16.3 Å². The maximum atomic E-state index is 12.0. The average Bonchev–Trinajstić information content (AvgIpc) is 3.15. The van der Waals surface area contributed by atoms with Gasteiger partial charge in [0.25, 0.3) is 5.69 Å². The third-order valence-electron chi connectivity index (χ3n) is 3.51. The van der Waals surface area contributed by atoms with E-state index >= 15 is 0 Å². The van der Waals surface area contributed by atoms with E-state index in [1.807, 2.05) is 6.07 Å². The predicted octanol–water partition coefficient (Wildman–Crippen LogP) is 2.78. The number of hydrogen-bond donors (Lipinski definition) is 3. The molecule has 0 saturated carbocycles. The molecular weight excluding hydrogens is 410 g/mol. The Kier molecular flexibility index (Phi) is 6.74. The molecule has 1 heterocycles. The van der Waals surface area contributed by atoms with Crippen LogP contribution in [0.4, 0.5) is 21.3 Å². The first kappa shape index (κ1) is 20.5. The number of carbonyl (C=O) groups excluding carboxylic acids is 2. The van der Waals surface area contributed by atoms with Crippen LogP contribution in [0.15, 0.2) is 59.7 Å². The summed E-state index contributed by atoms with van der Waals surface area (Å²) in [6.45, 7) is 0. The van der Waals surface area contributed by atoms with Crippen molar-refractivity contribution < 1.29 is 14.5 Å². The summed E-state index contributed by atoms with van der Waals surface area (Å²) < 4.78 is 0. The Morgan fingerprint density at radius 3 is 2.67 bits per heavy atom. The minimum atomic E-state index is -0.517. The SMILES string of the molecule is O=C(Cc1nnc(NC(=O)Nc2ccccc2)s1)N/N=C\c1cccc([N+](=O)[O-])c1. The van der Waals surface area contributed by atoms with Crippen molar-refractivity contribution in [2.75, 3.05) is 10.6 Å². The van der Waals surface area contributed by atoms with Crippen LogP contribution in [0.1, 0.15) is 10.6 Å². The minimum Gasteiger partial charge on any atom is -0.308 e. The van der Waals surface area contributed by atoms with Crippen LogP contribution in [0.2, 0.25) is 0 Å². The van der Waals surface area contributed by atoms with E-state index in [1.54, 1.807) is 30.3 Å². The fourth-order valence-corrected chi connectivity index (χ4v) is 2.96. The van der Waals surface area contributed by atoms with Gasteiger partial charge in [0.2, 0.25) is 11.0 Å². The summed E-state index contributed by atoms with van der Waals surface area (Å²) in [4.78, 5) is 34.1. The van der Waals surface area contributed by atoms with Crippen molar-refractivity contribution in [2.45, 2.75) is 6.42 Å². The van der Waals surface area contributed by atoms with Crippen molar-refractivity contribution in [2.24, 2.45) is 5.10 Å². The molecule has 0 saturated heterocycles. The van der Waals surface area contributed by atoms with Gasteiger partial charge in [0, 0.05) is 23.4 Å². The van der Waals surface area contributed by atoms with Gasteiger partial charge in [-0.2, -0.15) is 5.10 Å². The summed E-state index contributed by atoms with van der Waals surface area (Å²) in [6.07, 6.45) is 1.21. The first-order valence-electron chi connectivity index (χ1n) is 8.51. The van der Waals surface area contributed by atoms with Crippen LogP contribution in [0.3, 0.4) is 0 Å². The number of nitro groups is 1. The average molecular weight is 425 g/mol. The molecule has 0 aliphatic carbocycles. The Bertz CT molecular complexity index is 1080. The molecule has 30 heavy (non-hydrogen) atoms. The van der Waals surface area contributed by atoms with Crippen molar-refractivity contribution >= 4 is 46.0 Å². The number of non-ortho nitro benzene ring substituents is 1. The number of para-hydroxylation sites is 1. The number of hydrazone groups is 1. The molecule has 0 unspecified atom stereocenters. The second-order valence-electron chi connectivity index (χ2n) is 5.77. The van der Waals surface area contributed by atoms with Crippen LogP contribution in [0, 0.1) is 10.1 Å². The molecule has 12 heteroatoms. The van der Waals surface area contributed by atoms with E-state index in [4.69, 9.17) is 0 Å². The Hall–Kier alpha value is -4.19.